The molecule has 54 heavy (non-hydrogen) atoms. The number of aliphatic hydroxyl groups excluding tert-OH is 1. The predicted octanol–water partition coefficient (Wildman–Crippen LogP) is 5.71. The van der Waals surface area contributed by atoms with Crippen LogP contribution in [0.3, 0.4) is 0 Å². The van der Waals surface area contributed by atoms with E-state index in [4.69, 9.17) is 5.21 Å². The Bertz CT molecular complexity index is 1960. The number of nitrogens with zero attached hydrogens (tertiary/aromatic N) is 5. The minimum Gasteiger partial charge on any atom is -0.411 e. The van der Waals surface area contributed by atoms with Crippen molar-refractivity contribution in [3.63, 3.8) is 0 Å². The summed E-state index contributed by atoms with van der Waals surface area (Å²) >= 11 is 1.55. The van der Waals surface area contributed by atoms with Gasteiger partial charge < -0.3 is 25.4 Å². The number of thiazole rings is 1. The number of benzene rings is 3. The fraction of sp³-hybridized carbons (Fsp3) is 0.400. The normalized spacial score (nSPS) is 15.9. The molecule has 4 atom stereocenters. The van der Waals surface area contributed by atoms with Crippen LogP contribution in [-0.2, 0) is 27.8 Å². The van der Waals surface area contributed by atoms with Crippen molar-refractivity contribution >= 4 is 39.5 Å². The lowest BCUT2D eigenvalue weighted by Crippen LogP contribution is -2.57. The lowest BCUT2D eigenvalue weighted by atomic mass is 9.95. The summed E-state index contributed by atoms with van der Waals surface area (Å²) < 4.78 is 29.2. The monoisotopic (exact) mass is 774 g/mol. The number of sulfonamides is 1. The Hall–Kier alpha value is -4.63. The summed E-state index contributed by atoms with van der Waals surface area (Å²) in [4.78, 5) is 36.2. The second-order valence-corrected chi connectivity index (χ2v) is 17.0. The van der Waals surface area contributed by atoms with Crippen molar-refractivity contribution in [2.45, 2.75) is 70.2 Å². The van der Waals surface area contributed by atoms with Crippen molar-refractivity contribution in [3.05, 3.63) is 107 Å². The summed E-state index contributed by atoms with van der Waals surface area (Å²) in [6.45, 7) is 8.75. The van der Waals surface area contributed by atoms with Crippen LogP contribution >= 0.6 is 11.3 Å². The third kappa shape index (κ3) is 10.1. The van der Waals surface area contributed by atoms with Gasteiger partial charge in [-0.15, -0.1) is 11.3 Å². The number of carbonyl (C=O) groups excluding carboxylic acids is 2. The van der Waals surface area contributed by atoms with E-state index in [1.165, 1.54) is 34.8 Å². The number of amides is 3. The molecule has 0 radical (unpaired) electrons. The minimum atomic E-state index is -4.07. The van der Waals surface area contributed by atoms with Crippen molar-refractivity contribution in [1.82, 2.24) is 24.4 Å². The van der Waals surface area contributed by atoms with Gasteiger partial charge in [0.2, 0.25) is 15.9 Å². The Kier molecular flexibility index (Phi) is 14.0. The Labute approximate surface area is 322 Å². The average molecular weight is 775 g/mol. The van der Waals surface area contributed by atoms with Gasteiger partial charge in [0, 0.05) is 49.9 Å². The second-order valence-electron chi connectivity index (χ2n) is 14.2. The van der Waals surface area contributed by atoms with Crippen LogP contribution in [0.25, 0.3) is 10.6 Å². The van der Waals surface area contributed by atoms with Crippen LogP contribution in [0.1, 0.15) is 50.8 Å². The first-order chi connectivity index (χ1) is 25.9. The van der Waals surface area contributed by atoms with Crippen molar-refractivity contribution < 1.29 is 28.3 Å². The highest BCUT2D eigenvalue weighted by Gasteiger charge is 2.41. The smallest absolute Gasteiger partial charge is 0.321 e. The lowest BCUT2D eigenvalue weighted by molar-refractivity contribution is -0.128. The van der Waals surface area contributed by atoms with Gasteiger partial charge in [-0.05, 0) is 53.1 Å². The van der Waals surface area contributed by atoms with Crippen LogP contribution in [-0.4, -0.2) is 100 Å². The zero-order valence-electron chi connectivity index (χ0n) is 31.2. The summed E-state index contributed by atoms with van der Waals surface area (Å²) in [5, 5.41) is 29.6. The second kappa shape index (κ2) is 18.6. The third-order valence-corrected chi connectivity index (χ3v) is 12.3. The predicted molar refractivity (Wildman–Crippen MR) is 211 cm³/mol. The van der Waals surface area contributed by atoms with Gasteiger partial charge in [-0.25, -0.2) is 18.2 Å². The largest absolute Gasteiger partial charge is 0.411 e. The van der Waals surface area contributed by atoms with Crippen LogP contribution in [0.4, 0.5) is 4.79 Å². The maximum absolute atomic E-state index is 14.4. The Balaban J connectivity index is 1.37. The molecule has 14 heteroatoms. The topological polar surface area (TPSA) is 156 Å². The Morgan fingerprint density at radius 3 is 2.39 bits per heavy atom. The molecule has 3 N–H and O–H groups in total. The van der Waals surface area contributed by atoms with E-state index < -0.39 is 34.1 Å². The zero-order chi connectivity index (χ0) is 38.8. The van der Waals surface area contributed by atoms with Crippen molar-refractivity contribution in [2.75, 3.05) is 26.2 Å². The highest BCUT2D eigenvalue weighted by Crippen LogP contribution is 2.26. The van der Waals surface area contributed by atoms with Crippen molar-refractivity contribution in [2.24, 2.45) is 17.0 Å². The molecule has 1 saturated heterocycles. The lowest BCUT2D eigenvalue weighted by Gasteiger charge is -2.35. The Morgan fingerprint density at radius 1 is 1.02 bits per heavy atom. The van der Waals surface area contributed by atoms with E-state index in [-0.39, 0.29) is 42.3 Å². The molecule has 2 heterocycles. The molecule has 0 spiro atoms. The summed E-state index contributed by atoms with van der Waals surface area (Å²) in [6, 6.07) is 21.4. The van der Waals surface area contributed by atoms with E-state index in [0.717, 1.165) is 21.7 Å². The molecule has 0 bridgehead atoms. The fourth-order valence-corrected chi connectivity index (χ4v) is 8.96. The van der Waals surface area contributed by atoms with Crippen LogP contribution in [0.2, 0.25) is 0 Å². The molecular formula is C40H50N6O6S2. The van der Waals surface area contributed by atoms with E-state index in [9.17, 15) is 23.1 Å². The number of rotatable bonds is 18. The number of oxime groups is 1. The average Bonchev–Trinajstić information content (AvgIpc) is 3.82. The molecule has 3 amide bonds. The quantitative estimate of drug-likeness (QED) is 0.0665. The Morgan fingerprint density at radius 2 is 1.74 bits per heavy atom. The zero-order valence-corrected chi connectivity index (χ0v) is 32.8. The van der Waals surface area contributed by atoms with E-state index in [1.54, 1.807) is 27.3 Å². The van der Waals surface area contributed by atoms with Gasteiger partial charge in [-0.3, -0.25) is 4.79 Å². The highest BCUT2D eigenvalue weighted by molar-refractivity contribution is 7.89. The maximum atomic E-state index is 14.4. The standard InChI is InChI=1S/C40H50N6O6S2/c1-5-29(4)37(46-20-19-44(40(46)49)26-32-12-9-13-33(22-32)39-41-18-21-53-39)38(48)43-35(23-30-10-7-6-8-11-30)36(47)27-45(25-28(2)3)54(51,52)34-16-14-31(15-17-34)24-42-50/h6-18,21-22,24,28-29,35-37,47,50H,5,19-20,23,25-27H2,1-4H3,(H,43,48)/t29-,35-,36-,37-/m0/s1. The molecule has 5 rings (SSSR count). The van der Waals surface area contributed by atoms with Gasteiger partial charge >= 0.3 is 6.03 Å². The molecule has 1 aromatic heterocycles. The first-order valence-corrected chi connectivity index (χ1v) is 20.6. The van der Waals surface area contributed by atoms with Gasteiger partial charge in [0.25, 0.3) is 0 Å². The number of aromatic nitrogens is 1. The van der Waals surface area contributed by atoms with Gasteiger partial charge in [-0.2, -0.15) is 4.31 Å². The molecule has 12 nitrogen and oxygen atoms in total. The summed E-state index contributed by atoms with van der Waals surface area (Å²) in [7, 11) is -4.07. The van der Waals surface area contributed by atoms with E-state index in [0.29, 0.717) is 31.6 Å². The number of carbonyl (C=O) groups is 2. The van der Waals surface area contributed by atoms with Gasteiger partial charge in [0.15, 0.2) is 0 Å². The highest BCUT2D eigenvalue weighted by atomic mass is 32.2. The molecule has 1 aliphatic rings. The SMILES string of the molecule is CC[C@H](C)[C@@H](C(=O)N[C@@H](Cc1ccccc1)[C@@H](O)CN(CC(C)C)S(=O)(=O)c1ccc(C=NO)cc1)N1CCN(Cc2cccc(-c3nccs3)c2)C1=O. The van der Waals surface area contributed by atoms with E-state index in [1.807, 2.05) is 87.7 Å². The molecule has 1 aliphatic heterocycles. The van der Waals surface area contributed by atoms with Crippen LogP contribution in [0.5, 0.6) is 0 Å². The first-order valence-electron chi connectivity index (χ1n) is 18.3. The minimum absolute atomic E-state index is 0.0259. The van der Waals surface area contributed by atoms with Crippen LogP contribution < -0.4 is 5.32 Å². The molecule has 0 aliphatic carbocycles. The fourth-order valence-electron chi connectivity index (χ4n) is 6.70. The van der Waals surface area contributed by atoms with E-state index >= 15 is 0 Å². The molecule has 4 aromatic rings. The molecule has 3 aromatic carbocycles. The van der Waals surface area contributed by atoms with Gasteiger partial charge in [0.1, 0.15) is 11.0 Å². The number of hydrogen-bond acceptors (Lipinski definition) is 9. The summed E-state index contributed by atoms with van der Waals surface area (Å²) in [6.07, 6.45) is 2.54. The van der Waals surface area contributed by atoms with Crippen molar-refractivity contribution in [3.8, 4) is 10.6 Å². The number of hydrogen-bond donors (Lipinski definition) is 3. The van der Waals surface area contributed by atoms with Crippen molar-refractivity contribution in [1.29, 1.82) is 0 Å². The number of urea groups is 1. The van der Waals surface area contributed by atoms with Crippen LogP contribution in [0.15, 0.2) is 100 Å². The van der Waals surface area contributed by atoms with Gasteiger partial charge in [-0.1, -0.05) is 99.9 Å². The maximum Gasteiger partial charge on any atom is 0.321 e. The van der Waals surface area contributed by atoms with Gasteiger partial charge in [0.05, 0.1) is 23.3 Å². The molecule has 1 fully saturated rings. The molecular weight excluding hydrogens is 725 g/mol. The molecule has 288 valence electrons. The first kappa shape index (κ1) is 40.6. The van der Waals surface area contributed by atoms with E-state index in [2.05, 4.69) is 15.5 Å². The molecule has 0 saturated carbocycles. The number of aliphatic hydroxyl groups is 1. The molecule has 0 unspecified atom stereocenters. The third-order valence-electron chi connectivity index (χ3n) is 9.67. The summed E-state index contributed by atoms with van der Waals surface area (Å²) in [5.41, 5.74) is 3.32. The summed E-state index contributed by atoms with van der Waals surface area (Å²) in [5.74, 6) is -0.665. The number of nitrogens with one attached hydrogen (secondary N) is 1. The van der Waals surface area contributed by atoms with Crippen LogP contribution in [0, 0.1) is 11.8 Å².